The van der Waals surface area contributed by atoms with Gasteiger partial charge in [0.1, 0.15) is 0 Å². The van der Waals surface area contributed by atoms with Gasteiger partial charge in [0, 0.05) is 6.04 Å². The summed E-state index contributed by atoms with van der Waals surface area (Å²) in [5.74, 6) is -0.307. The molecule has 0 spiro atoms. The fourth-order valence-corrected chi connectivity index (χ4v) is 2.36. The van der Waals surface area contributed by atoms with Crippen molar-refractivity contribution >= 4 is 5.97 Å². The van der Waals surface area contributed by atoms with Crippen LogP contribution in [0.5, 0.6) is 0 Å². The smallest absolute Gasteiger partial charge is 0.310 e. The van der Waals surface area contributed by atoms with Crippen molar-refractivity contribution in [3.63, 3.8) is 0 Å². The molecular weight excluding hydrogens is 226 g/mol. The van der Waals surface area contributed by atoms with Gasteiger partial charge in [-0.05, 0) is 38.4 Å². The van der Waals surface area contributed by atoms with Crippen molar-refractivity contribution in [1.82, 2.24) is 5.32 Å². The quantitative estimate of drug-likeness (QED) is 0.815. The summed E-state index contributed by atoms with van der Waals surface area (Å²) in [5.41, 5.74) is 3.58. The fourth-order valence-electron chi connectivity index (χ4n) is 2.36. The molecular formula is C15H23NO2. The van der Waals surface area contributed by atoms with E-state index in [9.17, 15) is 4.79 Å². The number of carbonyl (C=O) groups excluding carboxylic acids is 1. The maximum atomic E-state index is 11.9. The second-order valence-electron chi connectivity index (χ2n) is 4.66. The van der Waals surface area contributed by atoms with Crippen LogP contribution >= 0.6 is 0 Å². The van der Waals surface area contributed by atoms with Gasteiger partial charge < -0.3 is 10.1 Å². The SMILES string of the molecule is CCC(C(=O)OC)C(NC)c1cc(C)ccc1C. The highest BCUT2D eigenvalue weighted by Crippen LogP contribution is 2.28. The normalized spacial score (nSPS) is 14.1. The Morgan fingerprint density at radius 3 is 2.56 bits per heavy atom. The molecule has 0 aliphatic heterocycles. The van der Waals surface area contributed by atoms with Gasteiger partial charge in [-0.2, -0.15) is 0 Å². The lowest BCUT2D eigenvalue weighted by atomic mass is 9.88. The van der Waals surface area contributed by atoms with E-state index < -0.39 is 0 Å². The van der Waals surface area contributed by atoms with Crippen molar-refractivity contribution in [2.75, 3.05) is 14.2 Å². The average Bonchev–Trinajstić information content (AvgIpc) is 2.38. The first-order valence-electron chi connectivity index (χ1n) is 6.37. The van der Waals surface area contributed by atoms with Crippen LogP contribution in [0.3, 0.4) is 0 Å². The monoisotopic (exact) mass is 249 g/mol. The highest BCUT2D eigenvalue weighted by atomic mass is 16.5. The molecule has 18 heavy (non-hydrogen) atoms. The molecule has 1 aromatic carbocycles. The molecule has 0 saturated carbocycles. The minimum Gasteiger partial charge on any atom is -0.469 e. The number of aryl methyl sites for hydroxylation is 2. The first-order chi connectivity index (χ1) is 8.54. The van der Waals surface area contributed by atoms with Crippen LogP contribution in [0.15, 0.2) is 18.2 Å². The maximum absolute atomic E-state index is 11.9. The molecule has 100 valence electrons. The van der Waals surface area contributed by atoms with Crippen LogP contribution in [0, 0.1) is 19.8 Å². The number of ether oxygens (including phenoxy) is 1. The topological polar surface area (TPSA) is 38.3 Å². The van der Waals surface area contributed by atoms with Gasteiger partial charge in [0.05, 0.1) is 13.0 Å². The molecule has 3 nitrogen and oxygen atoms in total. The van der Waals surface area contributed by atoms with Crippen LogP contribution in [-0.2, 0) is 9.53 Å². The summed E-state index contributed by atoms with van der Waals surface area (Å²) in [5, 5.41) is 3.25. The van der Waals surface area contributed by atoms with E-state index in [4.69, 9.17) is 4.74 Å². The standard InChI is InChI=1S/C15H23NO2/c1-6-12(15(17)18-5)14(16-4)13-9-10(2)7-8-11(13)3/h7-9,12,14,16H,6H2,1-5H3. The number of rotatable bonds is 5. The van der Waals surface area contributed by atoms with E-state index in [0.29, 0.717) is 0 Å². The van der Waals surface area contributed by atoms with Crippen molar-refractivity contribution in [3.8, 4) is 0 Å². The Kier molecular flexibility index (Phi) is 5.35. The van der Waals surface area contributed by atoms with E-state index in [1.165, 1.54) is 23.8 Å². The Morgan fingerprint density at radius 1 is 1.39 bits per heavy atom. The molecule has 2 atom stereocenters. The van der Waals surface area contributed by atoms with Gasteiger partial charge in [0.15, 0.2) is 0 Å². The van der Waals surface area contributed by atoms with Gasteiger partial charge in [-0.3, -0.25) is 4.79 Å². The minimum absolute atomic E-state index is 0.00218. The summed E-state index contributed by atoms with van der Waals surface area (Å²) < 4.78 is 4.90. The van der Waals surface area contributed by atoms with E-state index in [1.807, 2.05) is 14.0 Å². The molecule has 0 aliphatic carbocycles. The lowest BCUT2D eigenvalue weighted by Crippen LogP contribution is -2.32. The third-order valence-electron chi connectivity index (χ3n) is 3.43. The highest BCUT2D eigenvalue weighted by molar-refractivity contribution is 5.73. The summed E-state index contributed by atoms with van der Waals surface area (Å²) in [6, 6.07) is 6.33. The van der Waals surface area contributed by atoms with Crippen molar-refractivity contribution in [3.05, 3.63) is 34.9 Å². The molecule has 0 radical (unpaired) electrons. The van der Waals surface area contributed by atoms with Gasteiger partial charge in [-0.25, -0.2) is 0 Å². The van der Waals surface area contributed by atoms with Gasteiger partial charge in [-0.1, -0.05) is 30.7 Å². The zero-order valence-electron chi connectivity index (χ0n) is 11.9. The lowest BCUT2D eigenvalue weighted by molar-refractivity contribution is -0.146. The molecule has 1 aromatic rings. The molecule has 0 amide bonds. The summed E-state index contributed by atoms with van der Waals surface area (Å²) in [6.07, 6.45) is 0.756. The van der Waals surface area contributed by atoms with E-state index in [-0.39, 0.29) is 17.9 Å². The van der Waals surface area contributed by atoms with Gasteiger partial charge in [0.2, 0.25) is 0 Å². The summed E-state index contributed by atoms with van der Waals surface area (Å²) in [7, 11) is 3.33. The Labute approximate surface area is 110 Å². The molecule has 1 rings (SSSR count). The molecule has 0 aliphatic rings. The largest absolute Gasteiger partial charge is 0.469 e. The van der Waals surface area contributed by atoms with Crippen molar-refractivity contribution in [1.29, 1.82) is 0 Å². The predicted octanol–water partition coefficient (Wildman–Crippen LogP) is 2.76. The lowest BCUT2D eigenvalue weighted by Gasteiger charge is -2.26. The molecule has 0 aromatic heterocycles. The van der Waals surface area contributed by atoms with Crippen molar-refractivity contribution < 1.29 is 9.53 Å². The molecule has 0 saturated heterocycles. The Hall–Kier alpha value is -1.35. The third kappa shape index (κ3) is 3.10. The van der Waals surface area contributed by atoms with Crippen molar-refractivity contribution in [2.45, 2.75) is 33.2 Å². The Balaban J connectivity index is 3.15. The average molecular weight is 249 g/mol. The second-order valence-corrected chi connectivity index (χ2v) is 4.66. The zero-order chi connectivity index (χ0) is 13.7. The number of nitrogens with one attached hydrogen (secondary N) is 1. The molecule has 1 N–H and O–H groups in total. The van der Waals surface area contributed by atoms with Crippen LogP contribution in [0.4, 0.5) is 0 Å². The molecule has 0 fully saturated rings. The maximum Gasteiger partial charge on any atom is 0.310 e. The first kappa shape index (κ1) is 14.7. The number of hydrogen-bond donors (Lipinski definition) is 1. The predicted molar refractivity (Wildman–Crippen MR) is 73.5 cm³/mol. The summed E-state index contributed by atoms with van der Waals surface area (Å²) in [4.78, 5) is 11.9. The van der Waals surface area contributed by atoms with E-state index in [0.717, 1.165) is 6.42 Å². The van der Waals surface area contributed by atoms with Crippen LogP contribution in [0.2, 0.25) is 0 Å². The highest BCUT2D eigenvalue weighted by Gasteiger charge is 2.28. The number of hydrogen-bond acceptors (Lipinski definition) is 3. The van der Waals surface area contributed by atoms with E-state index in [2.05, 4.69) is 37.4 Å². The van der Waals surface area contributed by atoms with Gasteiger partial charge in [-0.15, -0.1) is 0 Å². The van der Waals surface area contributed by atoms with Crippen molar-refractivity contribution in [2.24, 2.45) is 5.92 Å². The van der Waals surface area contributed by atoms with E-state index >= 15 is 0 Å². The van der Waals surface area contributed by atoms with Crippen LogP contribution in [0.25, 0.3) is 0 Å². The number of esters is 1. The first-order valence-corrected chi connectivity index (χ1v) is 6.37. The number of carbonyl (C=O) groups is 1. The van der Waals surface area contributed by atoms with Crippen LogP contribution in [-0.4, -0.2) is 20.1 Å². The minimum atomic E-state index is -0.155. The zero-order valence-corrected chi connectivity index (χ0v) is 11.9. The Morgan fingerprint density at radius 2 is 2.06 bits per heavy atom. The van der Waals surface area contributed by atoms with Gasteiger partial charge >= 0.3 is 5.97 Å². The number of benzene rings is 1. The Bertz CT molecular complexity index is 415. The molecule has 2 unspecified atom stereocenters. The third-order valence-corrected chi connectivity index (χ3v) is 3.43. The van der Waals surface area contributed by atoms with Crippen LogP contribution < -0.4 is 5.32 Å². The van der Waals surface area contributed by atoms with Gasteiger partial charge in [0.25, 0.3) is 0 Å². The fraction of sp³-hybridized carbons (Fsp3) is 0.533. The van der Waals surface area contributed by atoms with E-state index in [1.54, 1.807) is 0 Å². The summed E-state index contributed by atoms with van der Waals surface area (Å²) in [6.45, 7) is 6.15. The summed E-state index contributed by atoms with van der Waals surface area (Å²) >= 11 is 0. The number of methoxy groups -OCH3 is 1. The molecule has 0 bridgehead atoms. The molecule has 0 heterocycles. The van der Waals surface area contributed by atoms with Crippen LogP contribution in [0.1, 0.15) is 36.1 Å². The molecule has 3 heteroatoms. The second kappa shape index (κ2) is 6.55.